The van der Waals surface area contributed by atoms with Crippen LogP contribution in [0.2, 0.25) is 0 Å². The highest BCUT2D eigenvalue weighted by Gasteiger charge is 2.13. The number of hydrogen-bond donors (Lipinski definition) is 2. The molecule has 126 valence electrons. The number of aromatic nitrogens is 1. The van der Waals surface area contributed by atoms with E-state index < -0.39 is 0 Å². The summed E-state index contributed by atoms with van der Waals surface area (Å²) in [6.45, 7) is 4.66. The van der Waals surface area contributed by atoms with Crippen molar-refractivity contribution in [3.63, 3.8) is 0 Å². The Morgan fingerprint density at radius 2 is 1.88 bits per heavy atom. The summed E-state index contributed by atoms with van der Waals surface area (Å²) in [5.41, 5.74) is 0.986. The minimum Gasteiger partial charge on any atom is -0.352 e. The molecule has 5 nitrogen and oxygen atoms in total. The van der Waals surface area contributed by atoms with E-state index in [4.69, 9.17) is 0 Å². The minimum absolute atomic E-state index is 0.172. The van der Waals surface area contributed by atoms with Crippen molar-refractivity contribution in [1.82, 2.24) is 10.3 Å². The van der Waals surface area contributed by atoms with Crippen LogP contribution < -0.4 is 10.6 Å². The average molecular weight is 343 g/mol. The number of amides is 2. The molecule has 0 aliphatic carbocycles. The molecule has 0 fully saturated rings. The van der Waals surface area contributed by atoms with E-state index in [1.54, 1.807) is 30.5 Å². The number of carbonyl (C=O) groups is 2. The summed E-state index contributed by atoms with van der Waals surface area (Å²) in [5, 5.41) is 6.45. The Morgan fingerprint density at radius 3 is 2.58 bits per heavy atom. The molecule has 0 aliphatic rings. The lowest BCUT2D eigenvalue weighted by Crippen LogP contribution is -2.28. The lowest BCUT2D eigenvalue weighted by molar-refractivity contribution is -0.113. The van der Waals surface area contributed by atoms with Gasteiger partial charge in [-0.2, -0.15) is 0 Å². The predicted molar refractivity (Wildman–Crippen MR) is 97.2 cm³/mol. The maximum Gasteiger partial charge on any atom is 0.253 e. The molecule has 0 radical (unpaired) electrons. The van der Waals surface area contributed by atoms with Crippen molar-refractivity contribution in [3.05, 3.63) is 54.2 Å². The third-order valence-electron chi connectivity index (χ3n) is 3.11. The SMILES string of the molecule is CC(C)CNC(=O)c1ccccc1NC(=O)CSc1ccccn1. The largest absolute Gasteiger partial charge is 0.352 e. The number of benzene rings is 1. The van der Waals surface area contributed by atoms with Crippen molar-refractivity contribution in [2.24, 2.45) is 5.92 Å². The summed E-state index contributed by atoms with van der Waals surface area (Å²) >= 11 is 1.35. The summed E-state index contributed by atoms with van der Waals surface area (Å²) in [6.07, 6.45) is 1.69. The van der Waals surface area contributed by atoms with Crippen molar-refractivity contribution >= 4 is 29.3 Å². The molecule has 1 heterocycles. The van der Waals surface area contributed by atoms with Crippen LogP contribution >= 0.6 is 11.8 Å². The first kappa shape index (κ1) is 18.0. The van der Waals surface area contributed by atoms with E-state index >= 15 is 0 Å². The molecule has 6 heteroatoms. The summed E-state index contributed by atoms with van der Waals surface area (Å²) in [6, 6.07) is 12.6. The van der Waals surface area contributed by atoms with Gasteiger partial charge in [0, 0.05) is 12.7 Å². The van der Waals surface area contributed by atoms with Gasteiger partial charge in [0.15, 0.2) is 0 Å². The molecule has 1 aromatic carbocycles. The second-order valence-electron chi connectivity index (χ2n) is 5.65. The summed E-state index contributed by atoms with van der Waals surface area (Å²) in [5.74, 6) is 0.246. The van der Waals surface area contributed by atoms with Crippen LogP contribution in [-0.2, 0) is 4.79 Å². The third kappa shape index (κ3) is 5.70. The lowest BCUT2D eigenvalue weighted by Gasteiger charge is -2.12. The first-order valence-corrected chi connectivity index (χ1v) is 8.75. The van der Waals surface area contributed by atoms with Crippen molar-refractivity contribution in [1.29, 1.82) is 0 Å². The number of para-hydroxylation sites is 1. The minimum atomic E-state index is -0.183. The molecule has 0 atom stereocenters. The Balaban J connectivity index is 1.96. The molecular formula is C18H21N3O2S. The fourth-order valence-electron chi connectivity index (χ4n) is 1.94. The van der Waals surface area contributed by atoms with E-state index in [1.165, 1.54) is 11.8 Å². The molecule has 2 N–H and O–H groups in total. The maximum atomic E-state index is 12.3. The van der Waals surface area contributed by atoms with Gasteiger partial charge >= 0.3 is 0 Å². The molecule has 1 aromatic heterocycles. The molecule has 2 aromatic rings. The van der Waals surface area contributed by atoms with Crippen LogP contribution in [-0.4, -0.2) is 29.1 Å². The average Bonchev–Trinajstić information content (AvgIpc) is 2.59. The molecule has 0 unspecified atom stereocenters. The Hall–Kier alpha value is -2.34. The van der Waals surface area contributed by atoms with Crippen molar-refractivity contribution in [3.8, 4) is 0 Å². The Morgan fingerprint density at radius 1 is 1.12 bits per heavy atom. The number of anilines is 1. The predicted octanol–water partition coefficient (Wildman–Crippen LogP) is 3.20. The Labute approximate surface area is 146 Å². The molecule has 0 spiro atoms. The molecule has 0 aliphatic heterocycles. The summed E-state index contributed by atoms with van der Waals surface area (Å²) in [4.78, 5) is 28.6. The van der Waals surface area contributed by atoms with Crippen molar-refractivity contribution in [2.75, 3.05) is 17.6 Å². The molecule has 2 rings (SSSR count). The van der Waals surface area contributed by atoms with E-state index in [0.717, 1.165) is 5.03 Å². The van der Waals surface area contributed by atoms with Crippen LogP contribution in [0.25, 0.3) is 0 Å². The van der Waals surface area contributed by atoms with Crippen LogP contribution in [0.5, 0.6) is 0 Å². The standard InChI is InChI=1S/C18H21N3O2S/c1-13(2)11-20-18(23)14-7-3-4-8-15(14)21-16(22)12-24-17-9-5-6-10-19-17/h3-10,13H,11-12H2,1-2H3,(H,20,23)(H,21,22). The van der Waals surface area contributed by atoms with Gasteiger partial charge in [0.05, 0.1) is 22.0 Å². The van der Waals surface area contributed by atoms with Crippen LogP contribution in [0.15, 0.2) is 53.7 Å². The molecule has 2 amide bonds. The molecule has 24 heavy (non-hydrogen) atoms. The number of pyridine rings is 1. The van der Waals surface area contributed by atoms with Gasteiger partial charge in [0.2, 0.25) is 5.91 Å². The van der Waals surface area contributed by atoms with Gasteiger partial charge in [0.1, 0.15) is 0 Å². The van der Waals surface area contributed by atoms with E-state index in [-0.39, 0.29) is 17.6 Å². The van der Waals surface area contributed by atoms with Gasteiger partial charge in [-0.05, 0) is 30.2 Å². The first-order valence-electron chi connectivity index (χ1n) is 7.77. The zero-order chi connectivity index (χ0) is 17.4. The topological polar surface area (TPSA) is 71.1 Å². The Kier molecular flexibility index (Phi) is 6.81. The number of rotatable bonds is 7. The molecule has 0 bridgehead atoms. The van der Waals surface area contributed by atoms with Gasteiger partial charge in [-0.25, -0.2) is 4.98 Å². The lowest BCUT2D eigenvalue weighted by atomic mass is 10.1. The second kappa shape index (κ2) is 9.08. The maximum absolute atomic E-state index is 12.3. The zero-order valence-corrected chi connectivity index (χ0v) is 14.6. The first-order chi connectivity index (χ1) is 11.6. The summed E-state index contributed by atoms with van der Waals surface area (Å²) < 4.78 is 0. The normalized spacial score (nSPS) is 10.5. The monoisotopic (exact) mass is 343 g/mol. The fourth-order valence-corrected chi connectivity index (χ4v) is 2.60. The van der Waals surface area contributed by atoms with Crippen LogP contribution in [0, 0.1) is 5.92 Å². The molecule has 0 saturated carbocycles. The van der Waals surface area contributed by atoms with Crippen LogP contribution in [0.1, 0.15) is 24.2 Å². The highest BCUT2D eigenvalue weighted by Crippen LogP contribution is 2.18. The van der Waals surface area contributed by atoms with Gasteiger partial charge in [-0.15, -0.1) is 0 Å². The van der Waals surface area contributed by atoms with Crippen molar-refractivity contribution in [2.45, 2.75) is 18.9 Å². The van der Waals surface area contributed by atoms with Crippen LogP contribution in [0.3, 0.4) is 0 Å². The van der Waals surface area contributed by atoms with Gasteiger partial charge in [-0.3, -0.25) is 9.59 Å². The number of nitrogens with zero attached hydrogens (tertiary/aromatic N) is 1. The molecular weight excluding hydrogens is 322 g/mol. The second-order valence-corrected chi connectivity index (χ2v) is 6.65. The van der Waals surface area contributed by atoms with Gasteiger partial charge < -0.3 is 10.6 Å². The van der Waals surface area contributed by atoms with Crippen molar-refractivity contribution < 1.29 is 9.59 Å². The van der Waals surface area contributed by atoms with Gasteiger partial charge in [-0.1, -0.05) is 43.8 Å². The highest BCUT2D eigenvalue weighted by atomic mass is 32.2. The summed E-state index contributed by atoms with van der Waals surface area (Å²) in [7, 11) is 0. The fraction of sp³-hybridized carbons (Fsp3) is 0.278. The number of thioether (sulfide) groups is 1. The number of nitrogens with one attached hydrogen (secondary N) is 2. The molecule has 0 saturated heterocycles. The quantitative estimate of drug-likeness (QED) is 0.758. The number of hydrogen-bond acceptors (Lipinski definition) is 4. The van der Waals surface area contributed by atoms with E-state index in [9.17, 15) is 9.59 Å². The smallest absolute Gasteiger partial charge is 0.253 e. The number of carbonyl (C=O) groups excluding carboxylic acids is 2. The zero-order valence-electron chi connectivity index (χ0n) is 13.8. The highest BCUT2D eigenvalue weighted by molar-refractivity contribution is 7.99. The van der Waals surface area contributed by atoms with Gasteiger partial charge in [0.25, 0.3) is 5.91 Å². The van der Waals surface area contributed by atoms with E-state index in [2.05, 4.69) is 15.6 Å². The van der Waals surface area contributed by atoms with Crippen LogP contribution in [0.4, 0.5) is 5.69 Å². The van der Waals surface area contributed by atoms with E-state index in [1.807, 2.05) is 32.0 Å². The van der Waals surface area contributed by atoms with E-state index in [0.29, 0.717) is 23.7 Å². The Bertz CT molecular complexity index is 690. The third-order valence-corrected chi connectivity index (χ3v) is 4.05.